The summed E-state index contributed by atoms with van der Waals surface area (Å²) in [4.78, 5) is 30.8. The molecular weight excluding hydrogens is 226 g/mol. The number of hydrogen-bond donors (Lipinski definition) is 3. The summed E-state index contributed by atoms with van der Waals surface area (Å²) in [6.07, 6.45) is 2.58. The molecule has 0 saturated heterocycles. The summed E-state index contributed by atoms with van der Waals surface area (Å²) < 4.78 is 0. The molecule has 0 aromatic carbocycles. The van der Waals surface area contributed by atoms with Crippen molar-refractivity contribution in [2.45, 2.75) is 38.1 Å². The number of unbranched alkanes of at least 4 members (excludes halogenated alkanes) is 1. The first-order chi connectivity index (χ1) is 8.11. The van der Waals surface area contributed by atoms with Gasteiger partial charge in [0.2, 0.25) is 0 Å². The van der Waals surface area contributed by atoms with Gasteiger partial charge < -0.3 is 17.2 Å². The summed E-state index contributed by atoms with van der Waals surface area (Å²) in [5.41, 5.74) is 16.0. The van der Waals surface area contributed by atoms with E-state index in [9.17, 15) is 9.59 Å². The fourth-order valence-corrected chi connectivity index (χ4v) is 1.06. The van der Waals surface area contributed by atoms with Gasteiger partial charge in [0.1, 0.15) is 6.04 Å². The second-order valence-corrected chi connectivity index (χ2v) is 3.64. The predicted molar refractivity (Wildman–Crippen MR) is 61.4 cm³/mol. The van der Waals surface area contributed by atoms with Gasteiger partial charge in [-0.2, -0.15) is 0 Å². The fraction of sp³-hybridized carbons (Fsp3) is 0.800. The van der Waals surface area contributed by atoms with Crippen molar-refractivity contribution < 1.29 is 19.4 Å². The van der Waals surface area contributed by atoms with E-state index in [0.717, 1.165) is 12.8 Å². The summed E-state index contributed by atoms with van der Waals surface area (Å²) in [6, 6.07) is -0.788. The first-order valence-corrected chi connectivity index (χ1v) is 5.68. The van der Waals surface area contributed by atoms with Crippen molar-refractivity contribution in [3.8, 4) is 0 Å². The predicted octanol–water partition coefficient (Wildman–Crippen LogP) is -0.817. The molecule has 7 heteroatoms. The zero-order chi connectivity index (χ0) is 13.1. The van der Waals surface area contributed by atoms with Crippen LogP contribution < -0.4 is 17.2 Å². The van der Waals surface area contributed by atoms with E-state index >= 15 is 0 Å². The largest absolute Gasteiger partial charge is 0.372 e. The van der Waals surface area contributed by atoms with Crippen molar-refractivity contribution in [2.75, 3.05) is 13.1 Å². The Morgan fingerprint density at radius 3 is 2.24 bits per heavy atom. The molecule has 7 nitrogen and oxygen atoms in total. The monoisotopic (exact) mass is 247 g/mol. The van der Waals surface area contributed by atoms with Crippen LogP contribution in [0.3, 0.4) is 0 Å². The Bertz CT molecular complexity index is 236. The zero-order valence-corrected chi connectivity index (χ0v) is 9.89. The highest BCUT2D eigenvalue weighted by Crippen LogP contribution is 2.01. The lowest BCUT2D eigenvalue weighted by atomic mass is 10.1. The van der Waals surface area contributed by atoms with Crippen molar-refractivity contribution in [1.29, 1.82) is 0 Å². The van der Waals surface area contributed by atoms with Gasteiger partial charge in [0.25, 0.3) is 0 Å². The van der Waals surface area contributed by atoms with E-state index in [2.05, 4.69) is 9.78 Å². The summed E-state index contributed by atoms with van der Waals surface area (Å²) in [6.45, 7) is 0.928. The standard InChI is InChI=1S/C10H21N3O4/c11-6-2-1-4-8(13)10(15)17-16-9(14)5-3-7-12/h8H,1-7,11-13H2. The maximum atomic E-state index is 11.2. The van der Waals surface area contributed by atoms with Crippen LogP contribution in [0.25, 0.3) is 0 Å². The van der Waals surface area contributed by atoms with Crippen LogP contribution in [-0.4, -0.2) is 31.1 Å². The number of carbonyl (C=O) groups is 2. The van der Waals surface area contributed by atoms with E-state index in [4.69, 9.17) is 17.2 Å². The number of nitrogens with two attached hydrogens (primary N) is 3. The third-order valence-electron chi connectivity index (χ3n) is 2.07. The Morgan fingerprint density at radius 1 is 1.00 bits per heavy atom. The first kappa shape index (κ1) is 15.8. The molecule has 0 spiro atoms. The molecule has 0 aliphatic carbocycles. The molecule has 100 valence electrons. The van der Waals surface area contributed by atoms with E-state index < -0.39 is 18.0 Å². The normalized spacial score (nSPS) is 11.9. The van der Waals surface area contributed by atoms with Crippen molar-refractivity contribution in [3.05, 3.63) is 0 Å². The van der Waals surface area contributed by atoms with Crippen LogP contribution in [-0.2, 0) is 19.4 Å². The summed E-state index contributed by atoms with van der Waals surface area (Å²) in [5, 5.41) is 0. The summed E-state index contributed by atoms with van der Waals surface area (Å²) in [5.74, 6) is -1.37. The molecule has 1 unspecified atom stereocenters. The molecule has 0 aromatic heterocycles. The lowest BCUT2D eigenvalue weighted by molar-refractivity contribution is -0.260. The van der Waals surface area contributed by atoms with Crippen LogP contribution in [0.15, 0.2) is 0 Å². The Kier molecular flexibility index (Phi) is 9.31. The van der Waals surface area contributed by atoms with Gasteiger partial charge in [-0.1, -0.05) is 6.42 Å². The highest BCUT2D eigenvalue weighted by atomic mass is 17.2. The second kappa shape index (κ2) is 10.0. The molecule has 0 fully saturated rings. The lowest BCUT2D eigenvalue weighted by Crippen LogP contribution is -2.33. The molecule has 0 aliphatic heterocycles. The highest BCUT2D eigenvalue weighted by molar-refractivity contribution is 5.76. The van der Waals surface area contributed by atoms with E-state index in [1.54, 1.807) is 0 Å². The molecule has 0 radical (unpaired) electrons. The zero-order valence-electron chi connectivity index (χ0n) is 9.89. The van der Waals surface area contributed by atoms with E-state index in [0.29, 0.717) is 25.9 Å². The van der Waals surface area contributed by atoms with Crippen LogP contribution in [0.5, 0.6) is 0 Å². The topological polar surface area (TPSA) is 131 Å². The molecule has 0 aliphatic rings. The van der Waals surface area contributed by atoms with E-state index in [-0.39, 0.29) is 6.42 Å². The Labute approximate surface area is 101 Å². The Hall–Kier alpha value is -1.18. The van der Waals surface area contributed by atoms with Crippen LogP contribution in [0.1, 0.15) is 32.1 Å². The minimum absolute atomic E-state index is 0.117. The number of carbonyl (C=O) groups excluding carboxylic acids is 2. The summed E-state index contributed by atoms with van der Waals surface area (Å²) >= 11 is 0. The van der Waals surface area contributed by atoms with Gasteiger partial charge in [-0.25, -0.2) is 19.4 Å². The quantitative estimate of drug-likeness (QED) is 0.290. The molecule has 0 bridgehead atoms. The third-order valence-corrected chi connectivity index (χ3v) is 2.07. The first-order valence-electron chi connectivity index (χ1n) is 5.68. The van der Waals surface area contributed by atoms with Gasteiger partial charge in [-0.15, -0.1) is 0 Å². The smallest absolute Gasteiger partial charge is 0.330 e. The third kappa shape index (κ3) is 8.61. The maximum Gasteiger partial charge on any atom is 0.372 e. The van der Waals surface area contributed by atoms with Gasteiger partial charge in [0, 0.05) is 0 Å². The fourth-order valence-electron chi connectivity index (χ4n) is 1.06. The molecule has 0 aromatic rings. The average Bonchev–Trinajstić information content (AvgIpc) is 2.33. The molecule has 1 atom stereocenters. The van der Waals surface area contributed by atoms with Crippen LogP contribution in [0.4, 0.5) is 0 Å². The Morgan fingerprint density at radius 2 is 1.65 bits per heavy atom. The molecule has 0 saturated carbocycles. The van der Waals surface area contributed by atoms with Crippen molar-refractivity contribution >= 4 is 11.9 Å². The van der Waals surface area contributed by atoms with Gasteiger partial charge in [0.15, 0.2) is 0 Å². The minimum atomic E-state index is -0.788. The minimum Gasteiger partial charge on any atom is -0.330 e. The molecule has 17 heavy (non-hydrogen) atoms. The van der Waals surface area contributed by atoms with Crippen LogP contribution in [0.2, 0.25) is 0 Å². The maximum absolute atomic E-state index is 11.2. The molecule has 0 heterocycles. The molecule has 6 N–H and O–H groups in total. The lowest BCUT2D eigenvalue weighted by Gasteiger charge is -2.09. The molecular formula is C10H21N3O4. The van der Waals surface area contributed by atoms with Crippen LogP contribution in [0, 0.1) is 0 Å². The SMILES string of the molecule is NCCCCC(N)C(=O)OOC(=O)CCCN. The average molecular weight is 247 g/mol. The number of rotatable bonds is 8. The van der Waals surface area contributed by atoms with Gasteiger partial charge in [-0.3, -0.25) is 0 Å². The van der Waals surface area contributed by atoms with Crippen molar-refractivity contribution in [3.63, 3.8) is 0 Å². The van der Waals surface area contributed by atoms with Gasteiger partial charge in [-0.05, 0) is 32.4 Å². The van der Waals surface area contributed by atoms with Crippen LogP contribution >= 0.6 is 0 Å². The summed E-state index contributed by atoms with van der Waals surface area (Å²) in [7, 11) is 0. The van der Waals surface area contributed by atoms with Gasteiger partial charge in [0.05, 0.1) is 6.42 Å². The molecule has 0 rings (SSSR count). The molecule has 0 amide bonds. The van der Waals surface area contributed by atoms with Gasteiger partial charge >= 0.3 is 11.9 Å². The van der Waals surface area contributed by atoms with E-state index in [1.165, 1.54) is 0 Å². The van der Waals surface area contributed by atoms with Crippen molar-refractivity contribution in [2.24, 2.45) is 17.2 Å². The number of hydrogen-bond acceptors (Lipinski definition) is 7. The highest BCUT2D eigenvalue weighted by Gasteiger charge is 2.17. The van der Waals surface area contributed by atoms with E-state index in [1.807, 2.05) is 0 Å². The Balaban J connectivity index is 3.66. The second-order valence-electron chi connectivity index (χ2n) is 3.64. The van der Waals surface area contributed by atoms with Crippen molar-refractivity contribution in [1.82, 2.24) is 0 Å².